The van der Waals surface area contributed by atoms with Crippen molar-refractivity contribution < 1.29 is 14.1 Å². The van der Waals surface area contributed by atoms with Crippen molar-refractivity contribution in [2.45, 2.75) is 39.2 Å². The van der Waals surface area contributed by atoms with Crippen molar-refractivity contribution in [1.82, 2.24) is 16.0 Å². The molecule has 0 radical (unpaired) electrons. The summed E-state index contributed by atoms with van der Waals surface area (Å²) in [6, 6.07) is 0. The predicted octanol–water partition coefficient (Wildman–Crippen LogP) is -1.25. The third-order valence-electron chi connectivity index (χ3n) is 4.00. The molecule has 0 aromatic heterocycles. The Labute approximate surface area is 152 Å². The molecule has 148 valence electrons. The van der Waals surface area contributed by atoms with E-state index in [0.29, 0.717) is 56.6 Å². The number of hydrogen-bond acceptors (Lipinski definition) is 5. The highest BCUT2D eigenvalue weighted by molar-refractivity contribution is 5.76. The zero-order chi connectivity index (χ0) is 19.3. The van der Waals surface area contributed by atoms with Gasteiger partial charge in [0, 0.05) is 38.3 Å². The molecule has 0 aromatic rings. The zero-order valence-electron chi connectivity index (χ0n) is 16.5. The van der Waals surface area contributed by atoms with Gasteiger partial charge in [0.15, 0.2) is 0 Å². The fourth-order valence-corrected chi connectivity index (χ4v) is 2.38. The molecular weight excluding hydrogens is 320 g/mol. The highest BCUT2D eigenvalue weighted by atomic mass is 16.2. The van der Waals surface area contributed by atoms with Crippen molar-refractivity contribution >= 4 is 11.8 Å². The number of nitrogens with one attached hydrogen (secondary N) is 3. The molecular formula is C17H39N6O2+. The molecule has 0 spiro atoms. The molecule has 0 saturated heterocycles. The van der Waals surface area contributed by atoms with Crippen LogP contribution in [0.5, 0.6) is 0 Å². The Kier molecular flexibility index (Phi) is 11.6. The molecule has 0 bridgehead atoms. The molecule has 0 unspecified atom stereocenters. The van der Waals surface area contributed by atoms with Crippen LogP contribution in [0.3, 0.4) is 0 Å². The molecule has 8 nitrogen and oxygen atoms in total. The van der Waals surface area contributed by atoms with Gasteiger partial charge in [-0.05, 0) is 20.8 Å². The van der Waals surface area contributed by atoms with E-state index < -0.39 is 0 Å². The molecule has 2 amide bonds. The molecule has 8 heteroatoms. The summed E-state index contributed by atoms with van der Waals surface area (Å²) < 4.78 is 0.662. The standard InChI is InChI=1S/C17H38N6O2/c1-17(2,3)22-11-14-23(4,12-5-15(24)20-9-7-18)13-6-16(25)21-10-8-19/h22H,5-14,18-19H2,1-4H3,(H-,20,21,24,25)/p+1. The van der Waals surface area contributed by atoms with E-state index >= 15 is 0 Å². The summed E-state index contributed by atoms with van der Waals surface area (Å²) in [4.78, 5) is 23.8. The lowest BCUT2D eigenvalue weighted by molar-refractivity contribution is -0.907. The number of nitrogens with two attached hydrogens (primary N) is 2. The number of nitrogens with zero attached hydrogens (tertiary/aromatic N) is 1. The number of quaternary nitrogens is 1. The second-order valence-electron chi connectivity index (χ2n) is 7.74. The van der Waals surface area contributed by atoms with E-state index in [4.69, 9.17) is 11.5 Å². The summed E-state index contributed by atoms with van der Waals surface area (Å²) in [6.45, 7) is 11.3. The smallest absolute Gasteiger partial charge is 0.225 e. The zero-order valence-corrected chi connectivity index (χ0v) is 16.5. The van der Waals surface area contributed by atoms with Gasteiger partial charge >= 0.3 is 0 Å². The highest BCUT2D eigenvalue weighted by Crippen LogP contribution is 2.07. The molecule has 0 heterocycles. The summed E-state index contributed by atoms with van der Waals surface area (Å²) >= 11 is 0. The Balaban J connectivity index is 4.56. The fraction of sp³-hybridized carbons (Fsp3) is 0.882. The van der Waals surface area contributed by atoms with Gasteiger partial charge in [-0.15, -0.1) is 0 Å². The van der Waals surface area contributed by atoms with E-state index in [1.54, 1.807) is 0 Å². The van der Waals surface area contributed by atoms with Gasteiger partial charge in [0.2, 0.25) is 11.8 Å². The fourth-order valence-electron chi connectivity index (χ4n) is 2.38. The van der Waals surface area contributed by atoms with E-state index in [1.807, 2.05) is 0 Å². The third-order valence-corrected chi connectivity index (χ3v) is 4.00. The Morgan fingerprint density at radius 2 is 1.28 bits per heavy atom. The van der Waals surface area contributed by atoms with Crippen LogP contribution in [0.2, 0.25) is 0 Å². The van der Waals surface area contributed by atoms with E-state index in [1.165, 1.54) is 0 Å². The Morgan fingerprint density at radius 3 is 1.64 bits per heavy atom. The summed E-state index contributed by atoms with van der Waals surface area (Å²) in [7, 11) is 2.09. The normalized spacial score (nSPS) is 12.1. The first kappa shape index (κ1) is 23.8. The molecule has 0 aromatic carbocycles. The summed E-state index contributed by atoms with van der Waals surface area (Å²) in [5, 5.41) is 9.06. The van der Waals surface area contributed by atoms with Crippen LogP contribution in [-0.4, -0.2) is 81.2 Å². The average Bonchev–Trinajstić information content (AvgIpc) is 2.53. The Hall–Kier alpha value is -1.22. The van der Waals surface area contributed by atoms with E-state index in [0.717, 1.165) is 13.1 Å². The van der Waals surface area contributed by atoms with Gasteiger partial charge in [0.1, 0.15) is 0 Å². The van der Waals surface area contributed by atoms with Crippen LogP contribution >= 0.6 is 0 Å². The minimum atomic E-state index is 0.00571. The molecule has 0 fully saturated rings. The second-order valence-corrected chi connectivity index (χ2v) is 7.74. The van der Waals surface area contributed by atoms with E-state index in [2.05, 4.69) is 43.8 Å². The predicted molar refractivity (Wildman–Crippen MR) is 102 cm³/mol. The van der Waals surface area contributed by atoms with Crippen molar-refractivity contribution in [3.05, 3.63) is 0 Å². The largest absolute Gasteiger partial charge is 0.355 e. The van der Waals surface area contributed by atoms with E-state index in [9.17, 15) is 9.59 Å². The van der Waals surface area contributed by atoms with Crippen LogP contribution < -0.4 is 27.4 Å². The highest BCUT2D eigenvalue weighted by Gasteiger charge is 2.24. The van der Waals surface area contributed by atoms with Crippen LogP contribution in [-0.2, 0) is 9.59 Å². The molecule has 0 aliphatic rings. The van der Waals surface area contributed by atoms with Gasteiger partial charge in [-0.3, -0.25) is 9.59 Å². The Morgan fingerprint density at radius 1 is 0.840 bits per heavy atom. The first-order chi connectivity index (χ1) is 11.6. The lowest BCUT2D eigenvalue weighted by atomic mass is 10.1. The maximum atomic E-state index is 11.9. The summed E-state index contributed by atoms with van der Waals surface area (Å²) in [5.74, 6) is 0.0114. The Bertz CT molecular complexity index is 371. The van der Waals surface area contributed by atoms with Gasteiger partial charge in [-0.1, -0.05) is 0 Å². The number of carbonyl (C=O) groups is 2. The van der Waals surface area contributed by atoms with Crippen molar-refractivity contribution in [3.8, 4) is 0 Å². The molecule has 0 rings (SSSR count). The molecule has 0 aliphatic carbocycles. The van der Waals surface area contributed by atoms with E-state index in [-0.39, 0.29) is 17.4 Å². The third kappa shape index (κ3) is 13.7. The topological polar surface area (TPSA) is 122 Å². The van der Waals surface area contributed by atoms with Gasteiger partial charge in [-0.2, -0.15) is 0 Å². The minimum absolute atomic E-state index is 0.00571. The van der Waals surface area contributed by atoms with Crippen molar-refractivity contribution in [2.75, 3.05) is 59.4 Å². The number of amides is 2. The van der Waals surface area contributed by atoms with Gasteiger partial charge in [0.25, 0.3) is 0 Å². The second kappa shape index (κ2) is 12.2. The van der Waals surface area contributed by atoms with Gasteiger partial charge in [0.05, 0.1) is 39.5 Å². The quantitative estimate of drug-likeness (QED) is 0.263. The number of likely N-dealkylation sites (N-methyl/N-ethyl adjacent to an activating group) is 1. The van der Waals surface area contributed by atoms with Gasteiger partial charge < -0.3 is 31.9 Å². The molecule has 7 N–H and O–H groups in total. The maximum absolute atomic E-state index is 11.9. The van der Waals surface area contributed by atoms with Crippen molar-refractivity contribution in [1.29, 1.82) is 0 Å². The minimum Gasteiger partial charge on any atom is -0.355 e. The van der Waals surface area contributed by atoms with Gasteiger partial charge in [-0.25, -0.2) is 0 Å². The van der Waals surface area contributed by atoms with Crippen LogP contribution in [0, 0.1) is 0 Å². The first-order valence-corrected chi connectivity index (χ1v) is 9.14. The first-order valence-electron chi connectivity index (χ1n) is 9.14. The molecule has 0 atom stereocenters. The van der Waals surface area contributed by atoms with Crippen molar-refractivity contribution in [2.24, 2.45) is 11.5 Å². The monoisotopic (exact) mass is 359 g/mol. The van der Waals surface area contributed by atoms with Crippen LogP contribution in [0.15, 0.2) is 0 Å². The van der Waals surface area contributed by atoms with Crippen LogP contribution in [0.25, 0.3) is 0 Å². The number of carbonyl (C=O) groups excluding carboxylic acids is 2. The number of hydrogen-bond donors (Lipinski definition) is 5. The lowest BCUT2D eigenvalue weighted by Gasteiger charge is -2.35. The average molecular weight is 360 g/mol. The van der Waals surface area contributed by atoms with Crippen LogP contribution in [0.4, 0.5) is 0 Å². The molecule has 0 saturated carbocycles. The summed E-state index contributed by atoms with van der Waals surface area (Å²) in [5.41, 5.74) is 10.9. The SMILES string of the molecule is CC(C)(C)NCC[N+](C)(CCC(=O)NCCN)CCC(=O)NCCN. The molecule has 0 aliphatic heterocycles. The summed E-state index contributed by atoms with van der Waals surface area (Å²) in [6.07, 6.45) is 0.854. The van der Waals surface area contributed by atoms with Crippen LogP contribution in [0.1, 0.15) is 33.6 Å². The molecule has 25 heavy (non-hydrogen) atoms. The maximum Gasteiger partial charge on any atom is 0.225 e. The lowest BCUT2D eigenvalue weighted by Crippen LogP contribution is -2.53. The number of rotatable bonds is 13. The van der Waals surface area contributed by atoms with Crippen molar-refractivity contribution in [3.63, 3.8) is 0 Å².